The van der Waals surface area contributed by atoms with E-state index in [1.807, 2.05) is 13.0 Å². The molecule has 0 fully saturated rings. The minimum atomic E-state index is -0.725. The lowest BCUT2D eigenvalue weighted by molar-refractivity contribution is 0.407. The Kier molecular flexibility index (Phi) is 3.91. The molecule has 0 amide bonds. The van der Waals surface area contributed by atoms with Crippen molar-refractivity contribution in [3.8, 4) is 22.7 Å². The van der Waals surface area contributed by atoms with Crippen molar-refractivity contribution < 1.29 is 13.5 Å². The summed E-state index contributed by atoms with van der Waals surface area (Å²) in [4.78, 5) is 8.79. The molecule has 0 atom stereocenters. The fourth-order valence-electron chi connectivity index (χ4n) is 3.28. The molecule has 0 aliphatic heterocycles. The predicted molar refractivity (Wildman–Crippen MR) is 97.0 cm³/mol. The Bertz CT molecular complexity index is 1160. The first-order chi connectivity index (χ1) is 12.9. The van der Waals surface area contributed by atoms with Crippen molar-refractivity contribution in [2.75, 3.05) is 7.11 Å². The molecule has 0 saturated carbocycles. The predicted octanol–water partition coefficient (Wildman–Crippen LogP) is 3.72. The third kappa shape index (κ3) is 2.64. The average molecular weight is 369 g/mol. The molecule has 0 N–H and O–H groups in total. The largest absolute Gasteiger partial charge is 0.497 e. The Morgan fingerprint density at radius 1 is 1.00 bits per heavy atom. The van der Waals surface area contributed by atoms with E-state index in [0.29, 0.717) is 28.2 Å². The van der Waals surface area contributed by atoms with Gasteiger partial charge in [-0.2, -0.15) is 5.10 Å². The number of nitrogens with zero attached hydrogens (tertiary/aromatic N) is 5. The highest BCUT2D eigenvalue weighted by atomic mass is 19.1. The molecule has 3 aromatic heterocycles. The van der Waals surface area contributed by atoms with Gasteiger partial charge in [0.1, 0.15) is 35.0 Å². The number of fused-ring (bicyclic) bond motifs is 1. The van der Waals surface area contributed by atoms with Gasteiger partial charge in [-0.25, -0.2) is 18.7 Å². The zero-order chi connectivity index (χ0) is 19.3. The summed E-state index contributed by atoms with van der Waals surface area (Å²) in [5, 5.41) is 4.37. The molecule has 27 heavy (non-hydrogen) atoms. The molecule has 1 aromatic carbocycles. The number of rotatable bonds is 3. The number of aromatic nitrogens is 5. The van der Waals surface area contributed by atoms with Crippen molar-refractivity contribution in [1.82, 2.24) is 24.3 Å². The van der Waals surface area contributed by atoms with E-state index in [4.69, 9.17) is 4.74 Å². The summed E-state index contributed by atoms with van der Waals surface area (Å²) in [6, 6.07) is 4.21. The second-order valence-corrected chi connectivity index (χ2v) is 6.34. The number of aryl methyl sites for hydroxylation is 3. The van der Waals surface area contributed by atoms with Crippen molar-refractivity contribution in [3.05, 3.63) is 53.6 Å². The Morgan fingerprint density at radius 2 is 1.70 bits per heavy atom. The number of methoxy groups -OCH3 is 1. The molecule has 0 radical (unpaired) electrons. The maximum atomic E-state index is 14.8. The normalized spacial score (nSPS) is 11.3. The van der Waals surface area contributed by atoms with E-state index in [2.05, 4.69) is 15.1 Å². The van der Waals surface area contributed by atoms with E-state index >= 15 is 0 Å². The number of ether oxygens (including phenoxy) is 1. The third-order valence-electron chi connectivity index (χ3n) is 4.45. The number of halogens is 2. The summed E-state index contributed by atoms with van der Waals surface area (Å²) in [6.45, 7) is 3.63. The standard InChI is InChI=1S/C19H17F2N5O/c1-10-5-15-18(22-8-10)26(9-23-15)19-16(11(2)24-25(19)3)17-13(20)6-12(27-4)7-14(17)21/h5-9H,1-4H3. The van der Waals surface area contributed by atoms with E-state index in [-0.39, 0.29) is 11.3 Å². The van der Waals surface area contributed by atoms with Crippen LogP contribution in [0.25, 0.3) is 28.1 Å². The van der Waals surface area contributed by atoms with Crippen LogP contribution in [-0.2, 0) is 7.05 Å². The summed E-state index contributed by atoms with van der Waals surface area (Å²) in [7, 11) is 3.07. The SMILES string of the molecule is COc1cc(F)c(-c2c(C)nn(C)c2-n2cnc3cc(C)cnc32)c(F)c1. The Hall–Kier alpha value is -3.29. The van der Waals surface area contributed by atoms with Crippen molar-refractivity contribution in [2.24, 2.45) is 7.05 Å². The topological polar surface area (TPSA) is 57.8 Å². The molecule has 4 rings (SSSR count). The van der Waals surface area contributed by atoms with Gasteiger partial charge in [-0.1, -0.05) is 0 Å². The van der Waals surface area contributed by atoms with Crippen LogP contribution in [0, 0.1) is 25.5 Å². The van der Waals surface area contributed by atoms with Crippen molar-refractivity contribution in [1.29, 1.82) is 0 Å². The summed E-state index contributed by atoms with van der Waals surface area (Å²) in [6.07, 6.45) is 3.30. The van der Waals surface area contributed by atoms with Crippen LogP contribution in [0.15, 0.2) is 30.7 Å². The zero-order valence-corrected chi connectivity index (χ0v) is 15.3. The molecule has 0 spiro atoms. The fourth-order valence-corrected chi connectivity index (χ4v) is 3.28. The first kappa shape index (κ1) is 17.1. The van der Waals surface area contributed by atoms with Gasteiger partial charge in [-0.05, 0) is 25.5 Å². The second-order valence-electron chi connectivity index (χ2n) is 6.34. The molecule has 0 aliphatic carbocycles. The average Bonchev–Trinajstić information content (AvgIpc) is 3.14. The second kappa shape index (κ2) is 6.15. The summed E-state index contributed by atoms with van der Waals surface area (Å²) in [5.74, 6) is -0.855. The van der Waals surface area contributed by atoms with E-state index in [0.717, 1.165) is 17.7 Å². The number of hydrogen-bond donors (Lipinski definition) is 0. The van der Waals surface area contributed by atoms with Crippen LogP contribution in [0.3, 0.4) is 0 Å². The lowest BCUT2D eigenvalue weighted by atomic mass is 10.0. The molecule has 3 heterocycles. The highest BCUT2D eigenvalue weighted by Crippen LogP contribution is 2.36. The minimum absolute atomic E-state index is 0.113. The Labute approximate surface area is 154 Å². The molecule has 4 aromatic rings. The van der Waals surface area contributed by atoms with Gasteiger partial charge in [0.15, 0.2) is 5.65 Å². The van der Waals surface area contributed by atoms with Crippen molar-refractivity contribution in [2.45, 2.75) is 13.8 Å². The van der Waals surface area contributed by atoms with Gasteiger partial charge in [0.2, 0.25) is 0 Å². The van der Waals surface area contributed by atoms with Gasteiger partial charge in [-0.15, -0.1) is 0 Å². The Morgan fingerprint density at radius 3 is 2.37 bits per heavy atom. The lowest BCUT2D eigenvalue weighted by Crippen LogP contribution is -2.05. The molecule has 0 bridgehead atoms. The van der Waals surface area contributed by atoms with E-state index in [9.17, 15) is 8.78 Å². The quantitative estimate of drug-likeness (QED) is 0.552. The lowest BCUT2D eigenvalue weighted by Gasteiger charge is -2.11. The van der Waals surface area contributed by atoms with Crippen LogP contribution >= 0.6 is 0 Å². The van der Waals surface area contributed by atoms with Crippen molar-refractivity contribution in [3.63, 3.8) is 0 Å². The minimum Gasteiger partial charge on any atom is -0.497 e. The molecule has 6 nitrogen and oxygen atoms in total. The van der Waals surface area contributed by atoms with E-state index in [1.165, 1.54) is 7.11 Å². The van der Waals surface area contributed by atoms with Gasteiger partial charge in [0, 0.05) is 25.4 Å². The van der Waals surface area contributed by atoms with Gasteiger partial charge < -0.3 is 4.74 Å². The summed E-state index contributed by atoms with van der Waals surface area (Å²) in [5.41, 5.74) is 2.92. The van der Waals surface area contributed by atoms with E-state index in [1.54, 1.807) is 35.7 Å². The summed E-state index contributed by atoms with van der Waals surface area (Å²) >= 11 is 0. The molecule has 138 valence electrons. The van der Waals surface area contributed by atoms with Crippen LogP contribution in [0.4, 0.5) is 8.78 Å². The zero-order valence-electron chi connectivity index (χ0n) is 15.3. The van der Waals surface area contributed by atoms with Gasteiger partial charge in [0.25, 0.3) is 0 Å². The van der Waals surface area contributed by atoms with Crippen LogP contribution in [0.2, 0.25) is 0 Å². The number of hydrogen-bond acceptors (Lipinski definition) is 4. The van der Waals surface area contributed by atoms with Crippen LogP contribution in [-0.4, -0.2) is 31.4 Å². The molecule has 0 aliphatic rings. The highest BCUT2D eigenvalue weighted by Gasteiger charge is 2.25. The van der Waals surface area contributed by atoms with Crippen LogP contribution in [0.5, 0.6) is 5.75 Å². The molecule has 0 unspecified atom stereocenters. The fraction of sp³-hybridized carbons (Fsp3) is 0.211. The van der Waals surface area contributed by atoms with Gasteiger partial charge in [-0.3, -0.25) is 9.25 Å². The Balaban J connectivity index is 2.03. The number of benzene rings is 1. The van der Waals surface area contributed by atoms with Crippen molar-refractivity contribution >= 4 is 11.2 Å². The maximum absolute atomic E-state index is 14.8. The highest BCUT2D eigenvalue weighted by molar-refractivity contribution is 5.80. The van der Waals surface area contributed by atoms with Gasteiger partial charge >= 0.3 is 0 Å². The van der Waals surface area contributed by atoms with Gasteiger partial charge in [0.05, 0.1) is 23.9 Å². The first-order valence-corrected chi connectivity index (χ1v) is 8.27. The maximum Gasteiger partial charge on any atom is 0.165 e. The molecule has 8 heteroatoms. The molecular weight excluding hydrogens is 352 g/mol. The third-order valence-corrected chi connectivity index (χ3v) is 4.45. The first-order valence-electron chi connectivity index (χ1n) is 8.27. The van der Waals surface area contributed by atoms with E-state index < -0.39 is 11.6 Å². The molecule has 0 saturated heterocycles. The van der Waals surface area contributed by atoms with Crippen LogP contribution < -0.4 is 4.74 Å². The smallest absolute Gasteiger partial charge is 0.165 e. The monoisotopic (exact) mass is 369 g/mol. The molecular formula is C19H17F2N5O. The number of imidazole rings is 1. The van der Waals surface area contributed by atoms with Crippen LogP contribution in [0.1, 0.15) is 11.3 Å². The number of pyridine rings is 1. The summed E-state index contributed by atoms with van der Waals surface area (Å²) < 4.78 is 37.7.